The van der Waals surface area contributed by atoms with E-state index in [0.29, 0.717) is 6.54 Å². The van der Waals surface area contributed by atoms with Gasteiger partial charge in [-0.25, -0.2) is 0 Å². The number of rotatable bonds is 4. The van der Waals surface area contributed by atoms with Crippen LogP contribution < -0.4 is 10.1 Å². The van der Waals surface area contributed by atoms with Gasteiger partial charge in [-0.15, -0.1) is 0 Å². The molecule has 1 amide bonds. The summed E-state index contributed by atoms with van der Waals surface area (Å²) in [7, 11) is 0. The predicted octanol–water partition coefficient (Wildman–Crippen LogP) is 2.39. The zero-order chi connectivity index (χ0) is 13.6. The molecule has 0 heterocycles. The minimum Gasteiger partial charge on any atom is -0.488 e. The molecule has 0 aromatic heterocycles. The molecular formula is C14H18N2O2. The van der Waals surface area contributed by atoms with E-state index in [2.05, 4.69) is 5.32 Å². The lowest BCUT2D eigenvalue weighted by Crippen LogP contribution is -2.26. The Morgan fingerprint density at radius 2 is 2.06 bits per heavy atom. The number of nitrogens with zero attached hydrogens (tertiary/aromatic N) is 1. The first-order valence-electron chi connectivity index (χ1n) is 5.83. The molecular weight excluding hydrogens is 228 g/mol. The zero-order valence-electron chi connectivity index (χ0n) is 11.0. The van der Waals surface area contributed by atoms with Crippen LogP contribution >= 0.6 is 0 Å². The van der Waals surface area contributed by atoms with Crippen molar-refractivity contribution >= 4 is 5.91 Å². The average molecular weight is 246 g/mol. The van der Waals surface area contributed by atoms with Gasteiger partial charge in [0.25, 0.3) is 0 Å². The Morgan fingerprint density at radius 1 is 1.39 bits per heavy atom. The van der Waals surface area contributed by atoms with Gasteiger partial charge in [0.05, 0.1) is 6.07 Å². The molecule has 18 heavy (non-hydrogen) atoms. The first-order chi connectivity index (χ1) is 8.42. The number of hydrogen-bond donors (Lipinski definition) is 1. The van der Waals surface area contributed by atoms with Gasteiger partial charge in [0, 0.05) is 12.1 Å². The summed E-state index contributed by atoms with van der Waals surface area (Å²) in [6.07, 6.45) is -0.123. The van der Waals surface area contributed by atoms with E-state index in [1.165, 1.54) is 0 Å². The Hall–Kier alpha value is -2.02. The van der Waals surface area contributed by atoms with Crippen molar-refractivity contribution < 1.29 is 9.53 Å². The number of nitriles is 1. The van der Waals surface area contributed by atoms with Crippen LogP contribution in [0.3, 0.4) is 0 Å². The van der Waals surface area contributed by atoms with Gasteiger partial charge in [0.15, 0.2) is 0 Å². The van der Waals surface area contributed by atoms with Gasteiger partial charge in [-0.2, -0.15) is 5.26 Å². The predicted molar refractivity (Wildman–Crippen MR) is 68.9 cm³/mol. The maximum atomic E-state index is 11.2. The molecule has 0 saturated carbocycles. The normalized spacial score (nSPS) is 10.6. The van der Waals surface area contributed by atoms with E-state index in [4.69, 9.17) is 10.00 Å². The molecule has 1 aromatic carbocycles. The first-order valence-corrected chi connectivity index (χ1v) is 5.83. The van der Waals surface area contributed by atoms with Gasteiger partial charge >= 0.3 is 0 Å². The summed E-state index contributed by atoms with van der Waals surface area (Å²) in [6, 6.07) is 9.36. The molecule has 4 heteroatoms. The van der Waals surface area contributed by atoms with Crippen LogP contribution in [0, 0.1) is 11.3 Å². The molecule has 0 aliphatic carbocycles. The SMILES string of the molecule is CC(C)(C)Oc1ccccc1CNC(=O)CC#N. The fourth-order valence-electron chi connectivity index (χ4n) is 1.41. The molecule has 0 aliphatic rings. The molecule has 4 nitrogen and oxygen atoms in total. The summed E-state index contributed by atoms with van der Waals surface area (Å²) < 4.78 is 5.81. The van der Waals surface area contributed by atoms with Crippen LogP contribution in [0.2, 0.25) is 0 Å². The molecule has 0 aliphatic heterocycles. The van der Waals surface area contributed by atoms with Crippen molar-refractivity contribution in [2.75, 3.05) is 0 Å². The average Bonchev–Trinajstić information content (AvgIpc) is 2.26. The Morgan fingerprint density at radius 3 is 2.67 bits per heavy atom. The Kier molecular flexibility index (Phi) is 4.73. The maximum Gasteiger partial charge on any atom is 0.234 e. The highest BCUT2D eigenvalue weighted by molar-refractivity contribution is 5.78. The van der Waals surface area contributed by atoms with Crippen LogP contribution in [0.5, 0.6) is 5.75 Å². The van der Waals surface area contributed by atoms with E-state index in [0.717, 1.165) is 11.3 Å². The first kappa shape index (κ1) is 14.0. The van der Waals surface area contributed by atoms with Crippen LogP contribution in [0.25, 0.3) is 0 Å². The molecule has 1 aromatic rings. The maximum absolute atomic E-state index is 11.2. The second-order valence-corrected chi connectivity index (χ2v) is 4.93. The molecule has 0 bridgehead atoms. The number of benzene rings is 1. The number of nitrogens with one attached hydrogen (secondary N) is 1. The Labute approximate surface area is 108 Å². The largest absolute Gasteiger partial charge is 0.488 e. The highest BCUT2D eigenvalue weighted by Crippen LogP contribution is 2.22. The number of hydrogen-bond acceptors (Lipinski definition) is 3. The third kappa shape index (κ3) is 4.88. The fourth-order valence-corrected chi connectivity index (χ4v) is 1.41. The third-order valence-corrected chi connectivity index (χ3v) is 2.10. The van der Waals surface area contributed by atoms with Crippen molar-refractivity contribution in [1.82, 2.24) is 5.32 Å². The summed E-state index contributed by atoms with van der Waals surface area (Å²) in [6.45, 7) is 6.28. The number of carbonyl (C=O) groups excluding carboxylic acids is 1. The monoisotopic (exact) mass is 246 g/mol. The summed E-state index contributed by atoms with van der Waals surface area (Å²) >= 11 is 0. The van der Waals surface area contributed by atoms with Crippen molar-refractivity contribution in [3.05, 3.63) is 29.8 Å². The van der Waals surface area contributed by atoms with Crippen molar-refractivity contribution in [1.29, 1.82) is 5.26 Å². The lowest BCUT2D eigenvalue weighted by Gasteiger charge is -2.23. The van der Waals surface area contributed by atoms with Crippen LogP contribution in [0.4, 0.5) is 0 Å². The van der Waals surface area contributed by atoms with Gasteiger partial charge in [-0.05, 0) is 26.8 Å². The number of para-hydroxylation sites is 1. The number of carbonyl (C=O) groups is 1. The van der Waals surface area contributed by atoms with Crippen LogP contribution in [-0.2, 0) is 11.3 Å². The second kappa shape index (κ2) is 6.06. The van der Waals surface area contributed by atoms with E-state index in [1.807, 2.05) is 51.1 Å². The number of ether oxygens (including phenoxy) is 1. The lowest BCUT2D eigenvalue weighted by atomic mass is 10.1. The minimum absolute atomic E-state index is 0.123. The molecule has 96 valence electrons. The fraction of sp³-hybridized carbons (Fsp3) is 0.429. The van der Waals surface area contributed by atoms with Gasteiger partial charge in [-0.3, -0.25) is 4.79 Å². The second-order valence-electron chi connectivity index (χ2n) is 4.93. The topological polar surface area (TPSA) is 62.1 Å². The molecule has 0 saturated heterocycles. The van der Waals surface area contributed by atoms with Crippen molar-refractivity contribution in [3.8, 4) is 11.8 Å². The van der Waals surface area contributed by atoms with E-state index >= 15 is 0 Å². The number of amides is 1. The van der Waals surface area contributed by atoms with Crippen LogP contribution in [0.15, 0.2) is 24.3 Å². The van der Waals surface area contributed by atoms with E-state index in [-0.39, 0.29) is 17.9 Å². The molecule has 1 N–H and O–H groups in total. The van der Waals surface area contributed by atoms with Gasteiger partial charge in [0.1, 0.15) is 17.8 Å². The molecule has 0 fully saturated rings. The summed E-state index contributed by atoms with van der Waals surface area (Å²) in [5.74, 6) is 0.477. The highest BCUT2D eigenvalue weighted by Gasteiger charge is 2.14. The van der Waals surface area contributed by atoms with Gasteiger partial charge in [0.2, 0.25) is 5.91 Å². The summed E-state index contributed by atoms with van der Waals surface area (Å²) in [5, 5.41) is 11.1. The molecule has 0 unspecified atom stereocenters. The van der Waals surface area contributed by atoms with Crippen molar-refractivity contribution in [2.24, 2.45) is 0 Å². The van der Waals surface area contributed by atoms with Gasteiger partial charge in [-0.1, -0.05) is 18.2 Å². The van der Waals surface area contributed by atoms with Crippen LogP contribution in [-0.4, -0.2) is 11.5 Å². The molecule has 1 rings (SSSR count). The van der Waals surface area contributed by atoms with Gasteiger partial charge < -0.3 is 10.1 Å². The third-order valence-electron chi connectivity index (χ3n) is 2.10. The van der Waals surface area contributed by atoms with Crippen molar-refractivity contribution in [2.45, 2.75) is 39.3 Å². The minimum atomic E-state index is -0.285. The Balaban J connectivity index is 2.71. The zero-order valence-corrected chi connectivity index (χ0v) is 11.0. The van der Waals surface area contributed by atoms with Crippen LogP contribution in [0.1, 0.15) is 32.8 Å². The molecule has 0 atom stereocenters. The summed E-state index contributed by atoms with van der Waals surface area (Å²) in [5.41, 5.74) is 0.617. The highest BCUT2D eigenvalue weighted by atomic mass is 16.5. The quantitative estimate of drug-likeness (QED) is 0.887. The van der Waals surface area contributed by atoms with Crippen molar-refractivity contribution in [3.63, 3.8) is 0 Å². The Bertz CT molecular complexity index is 456. The van der Waals surface area contributed by atoms with E-state index < -0.39 is 0 Å². The standard InChI is InChI=1S/C14H18N2O2/c1-14(2,3)18-12-7-5-4-6-11(12)10-16-13(17)8-9-15/h4-7H,8,10H2,1-3H3,(H,16,17). The molecule has 0 spiro atoms. The molecule has 0 radical (unpaired) electrons. The lowest BCUT2D eigenvalue weighted by molar-refractivity contribution is -0.120. The summed E-state index contributed by atoms with van der Waals surface area (Å²) in [4.78, 5) is 11.2. The smallest absolute Gasteiger partial charge is 0.234 e. The van der Waals surface area contributed by atoms with E-state index in [9.17, 15) is 4.79 Å². The van der Waals surface area contributed by atoms with E-state index in [1.54, 1.807) is 0 Å².